The van der Waals surface area contributed by atoms with Gasteiger partial charge in [0.15, 0.2) is 5.69 Å². The van der Waals surface area contributed by atoms with E-state index in [9.17, 15) is 9.59 Å². The lowest BCUT2D eigenvalue weighted by Crippen LogP contribution is -2.40. The minimum Gasteiger partial charge on any atom is -0.480 e. The molecule has 1 N–H and O–H groups in total. The average molecular weight is 251 g/mol. The van der Waals surface area contributed by atoms with Gasteiger partial charge in [-0.15, -0.1) is 10.2 Å². The molecule has 1 aromatic rings. The molecule has 0 aliphatic carbocycles. The number of carbonyl (C=O) groups excluding carboxylic acids is 1. The molecule has 1 fully saturated rings. The summed E-state index contributed by atoms with van der Waals surface area (Å²) in [6.07, 6.45) is 1.16. The molecule has 2 heterocycles. The van der Waals surface area contributed by atoms with Gasteiger partial charge in [-0.05, 0) is 18.9 Å². The first kappa shape index (κ1) is 12.3. The van der Waals surface area contributed by atoms with Gasteiger partial charge >= 0.3 is 5.97 Å². The molecule has 1 atom stereocenters. The van der Waals surface area contributed by atoms with E-state index >= 15 is 0 Å². The molecule has 0 bridgehead atoms. The molecule has 1 aliphatic rings. The van der Waals surface area contributed by atoms with Crippen molar-refractivity contribution in [3.63, 3.8) is 0 Å². The fourth-order valence-electron chi connectivity index (χ4n) is 1.96. The van der Waals surface area contributed by atoms with Crippen LogP contribution in [0.5, 0.6) is 5.88 Å². The Bertz CT molecular complexity index is 460. The highest BCUT2D eigenvalue weighted by Crippen LogP contribution is 2.19. The second kappa shape index (κ2) is 4.99. The number of carboxylic acids is 1. The molecule has 1 amide bonds. The van der Waals surface area contributed by atoms with Gasteiger partial charge in [0.25, 0.3) is 5.91 Å². The van der Waals surface area contributed by atoms with Gasteiger partial charge in [-0.3, -0.25) is 4.79 Å². The third-order valence-electron chi connectivity index (χ3n) is 2.87. The number of carboxylic acid groups (broad SMARTS) is 1. The zero-order valence-electron chi connectivity index (χ0n) is 9.87. The monoisotopic (exact) mass is 251 g/mol. The number of methoxy groups -OCH3 is 1. The number of hydrogen-bond acceptors (Lipinski definition) is 5. The van der Waals surface area contributed by atoms with Crippen LogP contribution in [0.25, 0.3) is 0 Å². The van der Waals surface area contributed by atoms with Crippen molar-refractivity contribution >= 4 is 11.9 Å². The van der Waals surface area contributed by atoms with Gasteiger partial charge in [-0.1, -0.05) is 0 Å². The van der Waals surface area contributed by atoms with E-state index in [-0.39, 0.29) is 5.69 Å². The van der Waals surface area contributed by atoms with E-state index in [1.165, 1.54) is 24.1 Å². The van der Waals surface area contributed by atoms with Crippen molar-refractivity contribution in [1.29, 1.82) is 0 Å². The Labute approximate surface area is 103 Å². The number of aromatic nitrogens is 2. The van der Waals surface area contributed by atoms with E-state index < -0.39 is 17.9 Å². The van der Waals surface area contributed by atoms with Crippen LogP contribution in [-0.2, 0) is 4.79 Å². The number of hydrogen-bond donors (Lipinski definition) is 1. The summed E-state index contributed by atoms with van der Waals surface area (Å²) in [6.45, 7) is 0.434. The fraction of sp³-hybridized carbons (Fsp3) is 0.455. The number of likely N-dealkylation sites (tertiary alicyclic amines) is 1. The lowest BCUT2D eigenvalue weighted by molar-refractivity contribution is -0.141. The Hall–Kier alpha value is -2.18. The lowest BCUT2D eigenvalue weighted by atomic mass is 10.2. The van der Waals surface area contributed by atoms with Crippen LogP contribution in [0.15, 0.2) is 12.1 Å². The van der Waals surface area contributed by atoms with Gasteiger partial charge in [0.05, 0.1) is 7.11 Å². The number of amides is 1. The third kappa shape index (κ3) is 2.24. The Morgan fingerprint density at radius 2 is 2.22 bits per heavy atom. The average Bonchev–Trinajstić information content (AvgIpc) is 2.87. The van der Waals surface area contributed by atoms with Crippen molar-refractivity contribution in [2.24, 2.45) is 0 Å². The molecule has 96 valence electrons. The van der Waals surface area contributed by atoms with Crippen molar-refractivity contribution in [3.05, 3.63) is 17.8 Å². The quantitative estimate of drug-likeness (QED) is 0.823. The van der Waals surface area contributed by atoms with Crippen LogP contribution in [-0.4, -0.2) is 51.8 Å². The highest BCUT2D eigenvalue weighted by Gasteiger charge is 2.35. The highest BCUT2D eigenvalue weighted by molar-refractivity contribution is 5.95. The minimum atomic E-state index is -0.984. The largest absolute Gasteiger partial charge is 0.480 e. The van der Waals surface area contributed by atoms with Gasteiger partial charge in [0.2, 0.25) is 5.88 Å². The number of carbonyl (C=O) groups is 2. The molecule has 18 heavy (non-hydrogen) atoms. The molecule has 0 spiro atoms. The van der Waals surface area contributed by atoms with Crippen molar-refractivity contribution in [2.45, 2.75) is 18.9 Å². The number of nitrogens with zero attached hydrogens (tertiary/aromatic N) is 3. The molecule has 0 saturated carbocycles. The number of rotatable bonds is 3. The lowest BCUT2D eigenvalue weighted by Gasteiger charge is -2.20. The summed E-state index contributed by atoms with van der Waals surface area (Å²) in [4.78, 5) is 24.4. The summed E-state index contributed by atoms with van der Waals surface area (Å²) >= 11 is 0. The van der Waals surface area contributed by atoms with Crippen molar-refractivity contribution in [1.82, 2.24) is 15.1 Å². The minimum absolute atomic E-state index is 0.129. The van der Waals surface area contributed by atoms with Gasteiger partial charge in [0.1, 0.15) is 6.04 Å². The maximum Gasteiger partial charge on any atom is 0.326 e. The second-order valence-corrected chi connectivity index (χ2v) is 3.96. The first-order valence-corrected chi connectivity index (χ1v) is 5.55. The Morgan fingerprint density at radius 1 is 1.44 bits per heavy atom. The predicted octanol–water partition coefficient (Wildman–Crippen LogP) is 0.174. The SMILES string of the molecule is COc1ccc(C(=O)N2CCC[C@@H]2C(=O)O)nn1. The van der Waals surface area contributed by atoms with Gasteiger partial charge in [0, 0.05) is 12.6 Å². The first-order valence-electron chi connectivity index (χ1n) is 5.55. The van der Waals surface area contributed by atoms with Crippen molar-refractivity contribution in [3.8, 4) is 5.88 Å². The summed E-state index contributed by atoms with van der Waals surface area (Å²) in [6, 6.07) is 2.23. The van der Waals surface area contributed by atoms with Crippen LogP contribution in [0.2, 0.25) is 0 Å². The molecule has 0 unspecified atom stereocenters. The van der Waals surface area contributed by atoms with Crippen LogP contribution in [0, 0.1) is 0 Å². The molecule has 0 radical (unpaired) electrons. The van der Waals surface area contributed by atoms with E-state index in [0.29, 0.717) is 25.3 Å². The van der Waals surface area contributed by atoms with E-state index in [1.54, 1.807) is 0 Å². The molecule has 0 aromatic carbocycles. The molecule has 1 aromatic heterocycles. The zero-order chi connectivity index (χ0) is 13.1. The van der Waals surface area contributed by atoms with Crippen LogP contribution in [0.3, 0.4) is 0 Å². The summed E-state index contributed by atoms with van der Waals surface area (Å²) in [5.41, 5.74) is 0.129. The standard InChI is InChI=1S/C11H13N3O4/c1-18-9-5-4-7(12-13-9)10(15)14-6-2-3-8(14)11(16)17/h4-5,8H,2-3,6H2,1H3,(H,16,17)/t8-/m1/s1. The summed E-state index contributed by atoms with van der Waals surface area (Å²) in [7, 11) is 1.45. The molecule has 1 saturated heterocycles. The topological polar surface area (TPSA) is 92.6 Å². The van der Waals surface area contributed by atoms with Crippen LogP contribution >= 0.6 is 0 Å². The van der Waals surface area contributed by atoms with E-state index in [0.717, 1.165) is 0 Å². The molecular weight excluding hydrogens is 238 g/mol. The summed E-state index contributed by atoms with van der Waals surface area (Å²) in [5, 5.41) is 16.4. The van der Waals surface area contributed by atoms with Gasteiger partial charge < -0.3 is 14.7 Å². The summed E-state index contributed by atoms with van der Waals surface area (Å²) in [5.74, 6) is -1.08. The van der Waals surface area contributed by atoms with Crippen molar-refractivity contribution < 1.29 is 19.4 Å². The second-order valence-electron chi connectivity index (χ2n) is 3.96. The predicted molar refractivity (Wildman–Crippen MR) is 60.3 cm³/mol. The highest BCUT2D eigenvalue weighted by atomic mass is 16.5. The molecule has 7 nitrogen and oxygen atoms in total. The van der Waals surface area contributed by atoms with E-state index in [2.05, 4.69) is 10.2 Å². The van der Waals surface area contributed by atoms with Crippen molar-refractivity contribution in [2.75, 3.05) is 13.7 Å². The Morgan fingerprint density at radius 3 is 2.78 bits per heavy atom. The van der Waals surface area contributed by atoms with Crippen LogP contribution in [0.4, 0.5) is 0 Å². The Kier molecular flexibility index (Phi) is 3.40. The van der Waals surface area contributed by atoms with Crippen LogP contribution in [0.1, 0.15) is 23.3 Å². The third-order valence-corrected chi connectivity index (χ3v) is 2.87. The zero-order valence-corrected chi connectivity index (χ0v) is 9.87. The first-order chi connectivity index (χ1) is 8.63. The van der Waals surface area contributed by atoms with Crippen LogP contribution < -0.4 is 4.74 Å². The normalized spacial score (nSPS) is 18.7. The van der Waals surface area contributed by atoms with E-state index in [1.807, 2.05) is 0 Å². The smallest absolute Gasteiger partial charge is 0.326 e. The fourth-order valence-corrected chi connectivity index (χ4v) is 1.96. The Balaban J connectivity index is 2.17. The molecule has 7 heteroatoms. The maximum atomic E-state index is 12.1. The van der Waals surface area contributed by atoms with Gasteiger partial charge in [-0.25, -0.2) is 4.79 Å². The molecular formula is C11H13N3O4. The number of aliphatic carboxylic acids is 1. The van der Waals surface area contributed by atoms with E-state index in [4.69, 9.17) is 9.84 Å². The summed E-state index contributed by atoms with van der Waals surface area (Å²) < 4.78 is 4.84. The molecule has 1 aliphatic heterocycles. The molecule has 2 rings (SSSR count). The number of ether oxygens (including phenoxy) is 1. The maximum absolute atomic E-state index is 12.1. The van der Waals surface area contributed by atoms with Gasteiger partial charge in [-0.2, -0.15) is 0 Å².